The topological polar surface area (TPSA) is 58.3 Å². The first kappa shape index (κ1) is 27.1. The number of halogens is 3. The van der Waals surface area contributed by atoms with Gasteiger partial charge >= 0.3 is 0 Å². The molecule has 0 amide bonds. The molecule has 7 rings (SSSR count). The Balaban J connectivity index is 0.00000289. The summed E-state index contributed by atoms with van der Waals surface area (Å²) in [4.78, 5) is 4.72. The number of aromatic nitrogens is 1. The van der Waals surface area contributed by atoms with E-state index in [1.165, 1.54) is 5.56 Å². The van der Waals surface area contributed by atoms with Crippen molar-refractivity contribution in [1.29, 1.82) is 0 Å². The number of phenolic OH excluding ortho intramolecular Hbond substituents is 1. The maximum Gasteiger partial charge on any atom is 0.231 e. The number of hydrogen-bond acceptors (Lipinski definition) is 6. The van der Waals surface area contributed by atoms with E-state index in [-0.39, 0.29) is 24.9 Å². The molecule has 0 unspecified atom stereocenters. The van der Waals surface area contributed by atoms with Crippen molar-refractivity contribution >= 4 is 39.7 Å². The quantitative estimate of drug-likeness (QED) is 0.364. The zero-order chi connectivity index (χ0) is 26.7. The molecule has 10 heteroatoms. The van der Waals surface area contributed by atoms with Gasteiger partial charge in [0.25, 0.3) is 0 Å². The van der Waals surface area contributed by atoms with Crippen LogP contribution in [0.4, 0.5) is 5.69 Å². The maximum atomic E-state index is 11.1. The van der Waals surface area contributed by atoms with Crippen LogP contribution in [0.2, 0.25) is 10.0 Å². The summed E-state index contributed by atoms with van der Waals surface area (Å²) in [6.45, 7) is 5.25. The number of nitrogens with zero attached hydrogens (tertiary/aromatic N) is 3. The number of rotatable bonds is 4. The van der Waals surface area contributed by atoms with Gasteiger partial charge in [0.05, 0.1) is 33.8 Å². The number of piperazine rings is 1. The molecule has 208 valence electrons. The molecule has 1 fully saturated rings. The number of aryl methyl sites for hydroxylation is 2. The fourth-order valence-corrected chi connectivity index (χ4v) is 6.40. The first-order chi connectivity index (χ1) is 19.0. The van der Waals surface area contributed by atoms with E-state index in [2.05, 4.69) is 38.8 Å². The Morgan fingerprint density at radius 1 is 1.00 bits per heavy atom. The Bertz CT molecular complexity index is 1620. The largest absolute Gasteiger partial charge is 1.00 e. The van der Waals surface area contributed by atoms with Crippen molar-refractivity contribution in [1.82, 2.24) is 4.90 Å². The zero-order valence-corrected chi connectivity index (χ0v) is 24.2. The van der Waals surface area contributed by atoms with Crippen molar-refractivity contribution < 1.29 is 36.3 Å². The lowest BCUT2D eigenvalue weighted by Crippen LogP contribution is -3.00. The van der Waals surface area contributed by atoms with Gasteiger partial charge in [-0.05, 0) is 41.5 Å². The fraction of sp³-hybridized carbons (Fsp3) is 0.300. The van der Waals surface area contributed by atoms with E-state index in [0.29, 0.717) is 15.8 Å². The van der Waals surface area contributed by atoms with E-state index in [9.17, 15) is 5.11 Å². The Morgan fingerprint density at radius 3 is 2.55 bits per heavy atom. The summed E-state index contributed by atoms with van der Waals surface area (Å²) in [5.41, 5.74) is 5.58. The van der Waals surface area contributed by atoms with Gasteiger partial charge in [-0.1, -0.05) is 29.3 Å². The second-order valence-electron chi connectivity index (χ2n) is 10.2. The van der Waals surface area contributed by atoms with Crippen LogP contribution in [0.15, 0.2) is 48.7 Å². The zero-order valence-electron chi connectivity index (χ0n) is 21.9. The number of pyridine rings is 1. The number of benzene rings is 3. The van der Waals surface area contributed by atoms with Crippen molar-refractivity contribution in [3.05, 3.63) is 69.8 Å². The standard InChI is InChI=1S/C30H27Cl2N3O4.ClH/c1-37-28-12-19(15-33-7-9-34(10-8-33)24-4-2-3-23(31)29(24)32)20-13-25-21-14-27-26(38-17-39-27)11-18(21)5-6-35(25)16-22(20)30(28)36;/h2-4,11-14,16H,5-10,15,17H2,1H3;1H. The fourth-order valence-electron chi connectivity index (χ4n) is 5.98. The Hall–Kier alpha value is -3.10. The summed E-state index contributed by atoms with van der Waals surface area (Å²) >= 11 is 12.7. The van der Waals surface area contributed by atoms with Gasteiger partial charge in [0, 0.05) is 50.6 Å². The molecule has 3 aromatic carbocycles. The molecule has 40 heavy (non-hydrogen) atoms. The average Bonchev–Trinajstić information content (AvgIpc) is 3.42. The lowest BCUT2D eigenvalue weighted by molar-refractivity contribution is -0.686. The second-order valence-corrected chi connectivity index (χ2v) is 11.0. The van der Waals surface area contributed by atoms with Crippen LogP contribution in [0.1, 0.15) is 11.1 Å². The lowest BCUT2D eigenvalue weighted by Gasteiger charge is -2.36. The van der Waals surface area contributed by atoms with Crippen LogP contribution in [0.5, 0.6) is 23.0 Å². The monoisotopic (exact) mass is 599 g/mol. The highest BCUT2D eigenvalue weighted by Crippen LogP contribution is 2.42. The molecule has 0 atom stereocenters. The smallest absolute Gasteiger partial charge is 0.231 e. The van der Waals surface area contributed by atoms with Crippen molar-refractivity contribution in [3.63, 3.8) is 0 Å². The van der Waals surface area contributed by atoms with Crippen LogP contribution in [0, 0.1) is 0 Å². The summed E-state index contributed by atoms with van der Waals surface area (Å²) in [5.74, 6) is 2.24. The molecule has 0 bridgehead atoms. The molecule has 0 saturated carbocycles. The highest BCUT2D eigenvalue weighted by atomic mass is 35.5. The van der Waals surface area contributed by atoms with Crippen molar-refractivity contribution in [3.8, 4) is 34.3 Å². The third-order valence-electron chi connectivity index (χ3n) is 8.06. The van der Waals surface area contributed by atoms with Crippen LogP contribution in [-0.2, 0) is 19.5 Å². The molecule has 4 heterocycles. The van der Waals surface area contributed by atoms with Gasteiger partial charge in [-0.2, -0.15) is 4.57 Å². The summed E-state index contributed by atoms with van der Waals surface area (Å²) in [5, 5.41) is 14.1. The number of ether oxygens (including phenoxy) is 3. The summed E-state index contributed by atoms with van der Waals surface area (Å²) in [6.07, 6.45) is 2.94. The minimum atomic E-state index is 0. The van der Waals surface area contributed by atoms with Crippen molar-refractivity contribution in [2.75, 3.05) is 45.0 Å². The lowest BCUT2D eigenvalue weighted by atomic mass is 9.94. The summed E-state index contributed by atoms with van der Waals surface area (Å²) in [7, 11) is 1.60. The van der Waals surface area contributed by atoms with Crippen LogP contribution < -0.4 is 36.1 Å². The first-order valence-electron chi connectivity index (χ1n) is 13.1. The molecule has 3 aliphatic heterocycles. The predicted octanol–water partition coefficient (Wildman–Crippen LogP) is 2.43. The van der Waals surface area contributed by atoms with E-state index in [1.807, 2.05) is 24.3 Å². The number of methoxy groups -OCH3 is 1. The summed E-state index contributed by atoms with van der Waals surface area (Å²) < 4.78 is 19.1. The van der Waals surface area contributed by atoms with Crippen LogP contribution in [0.25, 0.3) is 22.0 Å². The van der Waals surface area contributed by atoms with E-state index in [0.717, 1.165) is 90.5 Å². The van der Waals surface area contributed by atoms with Gasteiger partial charge in [0.15, 0.2) is 35.7 Å². The van der Waals surface area contributed by atoms with Gasteiger partial charge in [0.2, 0.25) is 12.5 Å². The minimum absolute atomic E-state index is 0. The van der Waals surface area contributed by atoms with E-state index >= 15 is 0 Å². The number of hydrogen-bond donors (Lipinski definition) is 1. The molecule has 0 radical (unpaired) electrons. The third kappa shape index (κ3) is 4.55. The highest BCUT2D eigenvalue weighted by Gasteiger charge is 2.30. The van der Waals surface area contributed by atoms with E-state index < -0.39 is 0 Å². The Labute approximate surface area is 248 Å². The average molecular weight is 601 g/mol. The molecular weight excluding hydrogens is 573 g/mol. The van der Waals surface area contributed by atoms with E-state index in [1.54, 1.807) is 7.11 Å². The molecule has 3 aliphatic rings. The first-order valence-corrected chi connectivity index (χ1v) is 13.9. The van der Waals surface area contributed by atoms with Gasteiger partial charge in [-0.15, -0.1) is 0 Å². The summed E-state index contributed by atoms with van der Waals surface area (Å²) in [6, 6.07) is 14.1. The van der Waals surface area contributed by atoms with Crippen molar-refractivity contribution in [2.45, 2.75) is 19.5 Å². The molecule has 1 aromatic heterocycles. The predicted molar refractivity (Wildman–Crippen MR) is 152 cm³/mol. The minimum Gasteiger partial charge on any atom is -1.00 e. The molecule has 0 aliphatic carbocycles. The maximum absolute atomic E-state index is 11.1. The molecule has 1 saturated heterocycles. The normalized spacial score (nSPS) is 15.9. The van der Waals surface area contributed by atoms with E-state index in [4.69, 9.17) is 37.4 Å². The second kappa shape index (κ2) is 10.7. The third-order valence-corrected chi connectivity index (χ3v) is 8.87. The van der Waals surface area contributed by atoms with Gasteiger partial charge in [0.1, 0.15) is 0 Å². The Morgan fingerprint density at radius 2 is 1.77 bits per heavy atom. The van der Waals surface area contributed by atoms with Crippen molar-refractivity contribution in [2.24, 2.45) is 0 Å². The molecule has 1 N–H and O–H groups in total. The van der Waals surface area contributed by atoms with Gasteiger partial charge in [-0.3, -0.25) is 4.90 Å². The number of fused-ring (bicyclic) bond motifs is 5. The molecular formula is C30H28Cl3N3O4. The Kier molecular flexibility index (Phi) is 7.25. The van der Waals surface area contributed by atoms with Gasteiger partial charge in [-0.25, -0.2) is 0 Å². The van der Waals surface area contributed by atoms with Crippen LogP contribution in [0.3, 0.4) is 0 Å². The molecule has 4 aromatic rings. The molecule has 0 spiro atoms. The number of anilines is 1. The number of aromatic hydroxyl groups is 1. The number of phenols is 1. The SMILES string of the molecule is COc1cc(CN2CCN(c3cccc(Cl)c3Cl)CC2)c2cc3[n+](cc2c1O)CCc1cc2c(cc1-3)OCO2.[Cl-]. The molecule has 7 nitrogen and oxygen atoms in total. The highest BCUT2D eigenvalue weighted by molar-refractivity contribution is 6.43. The van der Waals surface area contributed by atoms with Crippen LogP contribution in [-0.4, -0.2) is 50.1 Å². The van der Waals surface area contributed by atoms with Gasteiger partial charge < -0.3 is 36.6 Å². The van der Waals surface area contributed by atoms with Crippen LogP contribution >= 0.6 is 23.2 Å².